The van der Waals surface area contributed by atoms with Crippen molar-refractivity contribution in [3.8, 4) is 0 Å². The third-order valence-electron chi connectivity index (χ3n) is 4.01. The first-order valence-corrected chi connectivity index (χ1v) is 7.09. The average Bonchev–Trinajstić information content (AvgIpc) is 2.41. The zero-order valence-corrected chi connectivity index (χ0v) is 11.2. The van der Waals surface area contributed by atoms with E-state index in [1.165, 1.54) is 0 Å². The zero-order valence-electron chi connectivity index (χ0n) is 11.2. The van der Waals surface area contributed by atoms with E-state index in [4.69, 9.17) is 10.5 Å². The topological polar surface area (TPSA) is 67.6 Å². The van der Waals surface area contributed by atoms with Gasteiger partial charge < -0.3 is 15.8 Å². The molecule has 2 rings (SSSR count). The first-order valence-electron chi connectivity index (χ1n) is 7.09. The van der Waals surface area contributed by atoms with Crippen molar-refractivity contribution >= 4 is 5.91 Å². The molecule has 104 valence electrons. The molecule has 0 bridgehead atoms. The van der Waals surface area contributed by atoms with Gasteiger partial charge in [0.1, 0.15) is 6.10 Å². The third-order valence-corrected chi connectivity index (χ3v) is 4.01. The van der Waals surface area contributed by atoms with Crippen LogP contribution < -0.4 is 11.1 Å². The van der Waals surface area contributed by atoms with Gasteiger partial charge in [-0.05, 0) is 32.2 Å². The highest BCUT2D eigenvalue weighted by atomic mass is 16.5. The summed E-state index contributed by atoms with van der Waals surface area (Å²) in [6, 6.07) is 0.609. The van der Waals surface area contributed by atoms with Crippen molar-refractivity contribution in [3.05, 3.63) is 0 Å². The van der Waals surface area contributed by atoms with Crippen LogP contribution in [0, 0.1) is 0 Å². The van der Waals surface area contributed by atoms with E-state index in [9.17, 15) is 4.79 Å². The maximum atomic E-state index is 12.1. The second kappa shape index (κ2) is 6.50. The van der Waals surface area contributed by atoms with Crippen LogP contribution in [-0.2, 0) is 9.53 Å². The van der Waals surface area contributed by atoms with E-state index in [2.05, 4.69) is 17.1 Å². The molecule has 2 aliphatic rings. The van der Waals surface area contributed by atoms with E-state index < -0.39 is 0 Å². The summed E-state index contributed by atoms with van der Waals surface area (Å²) in [5.74, 6) is 0.0496. The fourth-order valence-electron chi connectivity index (χ4n) is 2.71. The van der Waals surface area contributed by atoms with E-state index in [1.807, 2.05) is 0 Å². The first kappa shape index (κ1) is 13.8. The summed E-state index contributed by atoms with van der Waals surface area (Å²) in [7, 11) is 0. The molecule has 1 aliphatic heterocycles. The van der Waals surface area contributed by atoms with Crippen LogP contribution in [0.4, 0.5) is 0 Å². The molecule has 1 saturated carbocycles. The normalized spacial score (nSPS) is 34.2. The Hall–Kier alpha value is -0.650. The Morgan fingerprint density at radius 3 is 2.78 bits per heavy atom. The highest BCUT2D eigenvalue weighted by Gasteiger charge is 2.28. The van der Waals surface area contributed by atoms with Gasteiger partial charge in [-0.1, -0.05) is 6.92 Å². The van der Waals surface area contributed by atoms with E-state index in [1.54, 1.807) is 0 Å². The maximum Gasteiger partial charge on any atom is 0.250 e. The number of carbonyl (C=O) groups excluding carboxylic acids is 1. The van der Waals surface area contributed by atoms with Gasteiger partial charge in [-0.25, -0.2) is 0 Å². The molecule has 0 spiro atoms. The van der Waals surface area contributed by atoms with Crippen molar-refractivity contribution in [2.45, 2.75) is 50.8 Å². The minimum Gasteiger partial charge on any atom is -0.366 e. The number of likely N-dealkylation sites (N-methyl/N-ethyl adjacent to an activating group) is 1. The number of amides is 1. The van der Waals surface area contributed by atoms with Crippen molar-refractivity contribution < 1.29 is 9.53 Å². The third kappa shape index (κ3) is 3.67. The molecule has 5 heteroatoms. The Kier molecular flexibility index (Phi) is 4.97. The van der Waals surface area contributed by atoms with Crippen LogP contribution >= 0.6 is 0 Å². The van der Waals surface area contributed by atoms with Crippen LogP contribution in [-0.4, -0.2) is 55.2 Å². The maximum absolute atomic E-state index is 12.1. The number of hydrogen-bond donors (Lipinski definition) is 2. The van der Waals surface area contributed by atoms with Crippen LogP contribution in [0.3, 0.4) is 0 Å². The lowest BCUT2D eigenvalue weighted by Crippen LogP contribution is -2.52. The van der Waals surface area contributed by atoms with Crippen molar-refractivity contribution in [1.29, 1.82) is 0 Å². The molecule has 0 radical (unpaired) electrons. The molecular weight excluding hydrogens is 230 g/mol. The molecule has 2 fully saturated rings. The Bertz CT molecular complexity index is 277. The molecule has 3 N–H and O–H groups in total. The van der Waals surface area contributed by atoms with Crippen LogP contribution in [0.1, 0.15) is 32.6 Å². The predicted molar refractivity (Wildman–Crippen MR) is 70.2 cm³/mol. The van der Waals surface area contributed by atoms with Gasteiger partial charge in [-0.15, -0.1) is 0 Å². The highest BCUT2D eigenvalue weighted by Crippen LogP contribution is 2.17. The summed E-state index contributed by atoms with van der Waals surface area (Å²) in [5.41, 5.74) is 5.86. The molecule has 1 heterocycles. The lowest BCUT2D eigenvalue weighted by Gasteiger charge is -2.33. The summed E-state index contributed by atoms with van der Waals surface area (Å²) < 4.78 is 5.56. The number of ether oxygens (including phenoxy) is 1. The Morgan fingerprint density at radius 1 is 1.39 bits per heavy atom. The fraction of sp³-hybridized carbons (Fsp3) is 0.923. The number of rotatable bonds is 3. The molecular formula is C13H25N3O2. The lowest BCUT2D eigenvalue weighted by atomic mass is 9.91. The summed E-state index contributed by atoms with van der Waals surface area (Å²) in [4.78, 5) is 14.4. The number of nitrogens with zero attached hydrogens (tertiary/aromatic N) is 1. The first-order chi connectivity index (χ1) is 8.69. The number of hydrogen-bond acceptors (Lipinski definition) is 4. The van der Waals surface area contributed by atoms with Gasteiger partial charge in [0.05, 0.1) is 6.61 Å². The number of nitrogens with one attached hydrogen (secondary N) is 1. The van der Waals surface area contributed by atoms with Crippen molar-refractivity contribution in [1.82, 2.24) is 10.2 Å². The fourth-order valence-corrected chi connectivity index (χ4v) is 2.71. The monoisotopic (exact) mass is 255 g/mol. The van der Waals surface area contributed by atoms with Gasteiger partial charge in [0.2, 0.25) is 0 Å². The van der Waals surface area contributed by atoms with E-state index >= 15 is 0 Å². The molecule has 5 nitrogen and oxygen atoms in total. The average molecular weight is 255 g/mol. The van der Waals surface area contributed by atoms with E-state index in [0.717, 1.165) is 38.8 Å². The second-order valence-corrected chi connectivity index (χ2v) is 5.37. The van der Waals surface area contributed by atoms with Gasteiger partial charge in [0, 0.05) is 25.2 Å². The molecule has 1 saturated heterocycles. The molecule has 0 aromatic carbocycles. The number of nitrogens with two attached hydrogens (primary N) is 1. The molecule has 1 amide bonds. The van der Waals surface area contributed by atoms with Crippen LogP contribution in [0.2, 0.25) is 0 Å². The second-order valence-electron chi connectivity index (χ2n) is 5.37. The van der Waals surface area contributed by atoms with Crippen LogP contribution in [0.5, 0.6) is 0 Å². The number of morpholine rings is 1. The van der Waals surface area contributed by atoms with Gasteiger partial charge in [0.25, 0.3) is 5.91 Å². The highest BCUT2D eigenvalue weighted by molar-refractivity contribution is 5.81. The van der Waals surface area contributed by atoms with E-state index in [-0.39, 0.29) is 18.1 Å². The smallest absolute Gasteiger partial charge is 0.250 e. The van der Waals surface area contributed by atoms with Gasteiger partial charge in [-0.3, -0.25) is 9.69 Å². The summed E-state index contributed by atoms with van der Waals surface area (Å²) in [6.45, 7) is 5.39. The summed E-state index contributed by atoms with van der Waals surface area (Å²) in [5, 5.41) is 3.11. The minimum absolute atomic E-state index is 0.0496. The Labute approximate surface area is 109 Å². The quantitative estimate of drug-likeness (QED) is 0.750. The largest absolute Gasteiger partial charge is 0.366 e. The molecule has 1 aliphatic carbocycles. The van der Waals surface area contributed by atoms with Crippen LogP contribution in [0.15, 0.2) is 0 Å². The molecule has 1 unspecified atom stereocenters. The predicted octanol–water partition coefficient (Wildman–Crippen LogP) is 0.0932. The van der Waals surface area contributed by atoms with Gasteiger partial charge in [0.15, 0.2) is 0 Å². The van der Waals surface area contributed by atoms with Gasteiger partial charge >= 0.3 is 0 Å². The van der Waals surface area contributed by atoms with Gasteiger partial charge in [-0.2, -0.15) is 0 Å². The lowest BCUT2D eigenvalue weighted by molar-refractivity contribution is -0.139. The standard InChI is InChI=1S/C13H25N3O2/c1-2-16-7-8-18-12(9-16)13(17)15-11-5-3-10(14)4-6-11/h10-12H,2-9,14H2,1H3,(H,15,17). The SMILES string of the molecule is CCN1CCOC(C(=O)NC2CCC(N)CC2)C1. The van der Waals surface area contributed by atoms with Crippen molar-refractivity contribution in [3.63, 3.8) is 0 Å². The Balaban J connectivity index is 1.77. The molecule has 1 atom stereocenters. The summed E-state index contributed by atoms with van der Waals surface area (Å²) >= 11 is 0. The summed E-state index contributed by atoms with van der Waals surface area (Å²) in [6.07, 6.45) is 3.72. The van der Waals surface area contributed by atoms with Crippen molar-refractivity contribution in [2.24, 2.45) is 5.73 Å². The number of carbonyl (C=O) groups is 1. The molecule has 0 aromatic heterocycles. The molecule has 0 aromatic rings. The van der Waals surface area contributed by atoms with Crippen molar-refractivity contribution in [2.75, 3.05) is 26.2 Å². The zero-order chi connectivity index (χ0) is 13.0. The van der Waals surface area contributed by atoms with E-state index in [0.29, 0.717) is 19.2 Å². The molecule has 18 heavy (non-hydrogen) atoms. The minimum atomic E-state index is -0.297. The van der Waals surface area contributed by atoms with Crippen LogP contribution in [0.25, 0.3) is 0 Å². The Morgan fingerprint density at radius 2 is 2.11 bits per heavy atom.